The zero-order valence-corrected chi connectivity index (χ0v) is 22.5. The zero-order chi connectivity index (χ0) is 28.4. The molecule has 1 saturated heterocycles. The number of amides is 1. The number of alkyl halides is 3. The molecule has 0 spiro atoms. The summed E-state index contributed by atoms with van der Waals surface area (Å²) in [5.74, 6) is -4.46. The molecule has 2 aliphatic rings. The fourth-order valence-corrected chi connectivity index (χ4v) is 6.43. The number of nitrogens with one attached hydrogen (secondary N) is 1. The summed E-state index contributed by atoms with van der Waals surface area (Å²) >= 11 is 0. The van der Waals surface area contributed by atoms with Crippen molar-refractivity contribution >= 4 is 28.1 Å². The summed E-state index contributed by atoms with van der Waals surface area (Å²) in [6, 6.07) is 8.88. The van der Waals surface area contributed by atoms with E-state index >= 15 is 0 Å². The second-order valence-electron chi connectivity index (χ2n) is 10.5. The van der Waals surface area contributed by atoms with Gasteiger partial charge in [0, 0.05) is 6.54 Å². The third kappa shape index (κ3) is 7.27. The molecule has 0 unspecified atom stereocenters. The average Bonchev–Trinajstić information content (AvgIpc) is 2.89. The molecule has 7 nitrogen and oxygen atoms in total. The van der Waals surface area contributed by atoms with Gasteiger partial charge in [0.05, 0.1) is 16.5 Å². The van der Waals surface area contributed by atoms with E-state index < -0.39 is 56.5 Å². The van der Waals surface area contributed by atoms with Gasteiger partial charge in [0.1, 0.15) is 5.75 Å². The molecular formula is C28H33F3N2O5S. The fraction of sp³-hybridized carbons (Fsp3) is 0.464. The van der Waals surface area contributed by atoms with E-state index in [1.807, 2.05) is 12.1 Å². The van der Waals surface area contributed by atoms with Gasteiger partial charge in [-0.1, -0.05) is 31.2 Å². The molecule has 1 fully saturated rings. The summed E-state index contributed by atoms with van der Waals surface area (Å²) in [6.07, 6.45) is -0.183. The van der Waals surface area contributed by atoms with Gasteiger partial charge >= 0.3 is 6.18 Å². The summed E-state index contributed by atoms with van der Waals surface area (Å²) < 4.78 is 59.7. The van der Waals surface area contributed by atoms with Crippen LogP contribution in [0.1, 0.15) is 60.9 Å². The van der Waals surface area contributed by atoms with Crippen LogP contribution < -0.4 is 5.32 Å². The van der Waals surface area contributed by atoms with E-state index in [9.17, 15) is 36.7 Å². The highest BCUT2D eigenvalue weighted by Crippen LogP contribution is 2.49. The smallest absolute Gasteiger partial charge is 0.342 e. The number of hydrogen-bond donors (Lipinski definition) is 3. The summed E-state index contributed by atoms with van der Waals surface area (Å²) in [5, 5.41) is 2.59. The van der Waals surface area contributed by atoms with Gasteiger partial charge in [0.25, 0.3) is 11.7 Å². The number of likely N-dealkylation sites (tertiary alicyclic amines) is 1. The minimum atomic E-state index is -4.73. The largest absolute Gasteiger partial charge is 0.416 e. The van der Waals surface area contributed by atoms with Crippen LogP contribution in [0.15, 0.2) is 47.4 Å². The fourth-order valence-electron chi connectivity index (χ4n) is 5.15. The highest BCUT2D eigenvalue weighted by molar-refractivity contribution is 8.25. The Balaban J connectivity index is 1.38. The first-order chi connectivity index (χ1) is 18.3. The lowest BCUT2D eigenvalue weighted by Gasteiger charge is -2.32. The predicted octanol–water partition coefficient (Wildman–Crippen LogP) is 5.38. The number of fused-ring (bicyclic) bond motifs is 1. The average molecular weight is 567 g/mol. The van der Waals surface area contributed by atoms with Crippen molar-refractivity contribution in [3.05, 3.63) is 64.7 Å². The van der Waals surface area contributed by atoms with E-state index in [0.29, 0.717) is 12.5 Å². The minimum absolute atomic E-state index is 0.480. The zero-order valence-electron chi connectivity index (χ0n) is 21.7. The number of piperidine rings is 1. The second kappa shape index (κ2) is 11.8. The first-order valence-electron chi connectivity index (χ1n) is 13.0. The Morgan fingerprint density at radius 2 is 1.77 bits per heavy atom. The number of carbonyl (C=O) groups is 3. The van der Waals surface area contributed by atoms with Gasteiger partial charge in [-0.05, 0) is 86.0 Å². The van der Waals surface area contributed by atoms with Crippen molar-refractivity contribution < 1.29 is 36.7 Å². The first kappa shape index (κ1) is 29.3. The third-order valence-corrected chi connectivity index (χ3v) is 9.11. The molecule has 212 valence electrons. The molecule has 2 aromatic carbocycles. The third-order valence-electron chi connectivity index (χ3n) is 7.44. The Labute approximate surface area is 227 Å². The number of ketones is 2. The SMILES string of the molecule is CC1CCN(Cc2ccc3c(c2)CCC[C@H]3NC(=O)C(=O)C(=O)CS(O)(O)c2cccc(C(F)(F)F)c2)CC1. The van der Waals surface area contributed by atoms with Crippen LogP contribution in [-0.2, 0) is 33.5 Å². The van der Waals surface area contributed by atoms with Crippen LogP contribution >= 0.6 is 10.6 Å². The van der Waals surface area contributed by atoms with Gasteiger partial charge in [-0.25, -0.2) is 0 Å². The van der Waals surface area contributed by atoms with E-state index in [1.165, 1.54) is 18.4 Å². The van der Waals surface area contributed by atoms with E-state index in [-0.39, 0.29) is 0 Å². The maximum atomic E-state index is 13.0. The summed E-state index contributed by atoms with van der Waals surface area (Å²) in [5.41, 5.74) is 2.01. The van der Waals surface area contributed by atoms with Gasteiger partial charge in [-0.2, -0.15) is 23.8 Å². The van der Waals surface area contributed by atoms with Crippen molar-refractivity contribution in [2.45, 2.75) is 62.7 Å². The Morgan fingerprint density at radius 3 is 2.46 bits per heavy atom. The summed E-state index contributed by atoms with van der Waals surface area (Å²) in [4.78, 5) is 39.5. The molecule has 0 bridgehead atoms. The minimum Gasteiger partial charge on any atom is -0.342 e. The molecule has 4 rings (SSSR count). The molecule has 1 aliphatic carbocycles. The van der Waals surface area contributed by atoms with Crippen LogP contribution in [0.25, 0.3) is 0 Å². The van der Waals surface area contributed by atoms with Gasteiger partial charge in [-0.3, -0.25) is 28.4 Å². The van der Waals surface area contributed by atoms with Crippen LogP contribution in [-0.4, -0.2) is 50.3 Å². The number of hydrogen-bond acceptors (Lipinski definition) is 6. The molecular weight excluding hydrogens is 533 g/mol. The summed E-state index contributed by atoms with van der Waals surface area (Å²) in [6.45, 7) is 5.24. The maximum absolute atomic E-state index is 13.0. The van der Waals surface area contributed by atoms with E-state index in [0.717, 1.165) is 67.7 Å². The molecule has 1 aliphatic heterocycles. The monoisotopic (exact) mass is 566 g/mol. The lowest BCUT2D eigenvalue weighted by atomic mass is 9.86. The Hall–Kier alpha value is -2.73. The second-order valence-corrected chi connectivity index (χ2v) is 12.6. The van der Waals surface area contributed by atoms with Gasteiger partial charge in [0.15, 0.2) is 0 Å². The number of Topliss-reactive ketones (excluding diaryl/α,β-unsaturated/α-hetero) is 2. The van der Waals surface area contributed by atoms with Crippen LogP contribution in [0.2, 0.25) is 0 Å². The van der Waals surface area contributed by atoms with Crippen molar-refractivity contribution in [2.75, 3.05) is 18.8 Å². The van der Waals surface area contributed by atoms with Crippen molar-refractivity contribution in [1.29, 1.82) is 0 Å². The maximum Gasteiger partial charge on any atom is 0.416 e. The van der Waals surface area contributed by atoms with Crippen LogP contribution in [0.4, 0.5) is 13.2 Å². The molecule has 0 aromatic heterocycles. The van der Waals surface area contributed by atoms with Gasteiger partial charge in [0.2, 0.25) is 5.78 Å². The molecule has 11 heteroatoms. The lowest BCUT2D eigenvalue weighted by molar-refractivity contribution is -0.144. The Kier molecular flexibility index (Phi) is 8.85. The molecule has 1 heterocycles. The highest BCUT2D eigenvalue weighted by Gasteiger charge is 2.34. The van der Waals surface area contributed by atoms with E-state index in [4.69, 9.17) is 0 Å². The first-order valence-corrected chi connectivity index (χ1v) is 14.7. The Morgan fingerprint density at radius 1 is 1.05 bits per heavy atom. The molecule has 39 heavy (non-hydrogen) atoms. The number of aryl methyl sites for hydroxylation is 1. The Bertz CT molecular complexity index is 1240. The van der Waals surface area contributed by atoms with Crippen LogP contribution in [0, 0.1) is 5.92 Å². The van der Waals surface area contributed by atoms with Crippen molar-refractivity contribution in [3.8, 4) is 0 Å². The van der Waals surface area contributed by atoms with Crippen molar-refractivity contribution in [3.63, 3.8) is 0 Å². The topological polar surface area (TPSA) is 107 Å². The standard InChI is InChI=1S/C28H33F3N2O5S/c1-18-10-12-33(13-11-18)16-19-8-9-23-20(14-19)4-2-7-24(23)32-27(36)26(35)25(34)17-39(37,38)22-6-3-5-21(15-22)28(29,30)31/h3,5-6,8-9,14-15,18,24,37-38H,2,4,7,10-13,16-17H2,1H3,(H,32,36)/t24-/m1/s1. The number of nitrogens with zero attached hydrogens (tertiary/aromatic N) is 1. The lowest BCUT2D eigenvalue weighted by Crippen LogP contribution is -2.40. The number of halogens is 3. The van der Waals surface area contributed by atoms with Gasteiger partial charge < -0.3 is 5.32 Å². The molecule has 0 saturated carbocycles. The van der Waals surface area contributed by atoms with Crippen LogP contribution in [0.5, 0.6) is 0 Å². The van der Waals surface area contributed by atoms with E-state index in [1.54, 1.807) is 0 Å². The molecule has 2 aromatic rings. The normalized spacial score (nSPS) is 19.3. The highest BCUT2D eigenvalue weighted by atomic mass is 32.3. The molecule has 1 atom stereocenters. The van der Waals surface area contributed by atoms with Crippen LogP contribution in [0.3, 0.4) is 0 Å². The molecule has 0 radical (unpaired) electrons. The molecule has 1 amide bonds. The number of carbonyl (C=O) groups excluding carboxylic acids is 3. The predicted molar refractivity (Wildman–Crippen MR) is 141 cm³/mol. The van der Waals surface area contributed by atoms with Gasteiger partial charge in [-0.15, -0.1) is 0 Å². The van der Waals surface area contributed by atoms with Crippen molar-refractivity contribution in [1.82, 2.24) is 10.2 Å². The van der Waals surface area contributed by atoms with Crippen molar-refractivity contribution in [2.24, 2.45) is 5.92 Å². The number of rotatable bonds is 8. The number of benzene rings is 2. The van der Waals surface area contributed by atoms with E-state index in [2.05, 4.69) is 23.2 Å². The molecule has 3 N–H and O–H groups in total. The summed E-state index contributed by atoms with van der Waals surface area (Å²) in [7, 11) is -4.08. The quantitative estimate of drug-likeness (QED) is 0.293.